The van der Waals surface area contributed by atoms with Crippen LogP contribution in [0.1, 0.15) is 88.0 Å². The number of rotatable bonds is 7. The first kappa shape index (κ1) is 32.5. The van der Waals surface area contributed by atoms with Gasteiger partial charge >= 0.3 is 0 Å². The largest absolute Gasteiger partial charge is 0.507 e. The second-order valence-electron chi connectivity index (χ2n) is 8.85. The Bertz CT molecular complexity index is 748. The molecule has 0 radical (unpaired) electrons. The summed E-state index contributed by atoms with van der Waals surface area (Å²) in [5.41, 5.74) is 7.58. The predicted octanol–water partition coefficient (Wildman–Crippen LogP) is 7.47. The van der Waals surface area contributed by atoms with Crippen molar-refractivity contribution in [1.29, 1.82) is 0 Å². The van der Waals surface area contributed by atoms with Gasteiger partial charge in [0, 0.05) is 17.5 Å². The zero-order valence-corrected chi connectivity index (χ0v) is 22.2. The summed E-state index contributed by atoms with van der Waals surface area (Å²) in [6.45, 7) is 18.5. The zero-order valence-electron chi connectivity index (χ0n) is 21.4. The maximum Gasteiger partial charge on any atom is 0.166 e. The molecule has 0 saturated carbocycles. The molecule has 5 nitrogen and oxygen atoms in total. The molecule has 1 fully saturated rings. The number of ether oxygens (including phenoxy) is 1. The van der Waals surface area contributed by atoms with Gasteiger partial charge in [0.2, 0.25) is 0 Å². The summed E-state index contributed by atoms with van der Waals surface area (Å²) in [6, 6.07) is 0. The van der Waals surface area contributed by atoms with Gasteiger partial charge in [-0.25, -0.2) is 5.90 Å². The molecule has 32 heavy (non-hydrogen) atoms. The van der Waals surface area contributed by atoms with Crippen molar-refractivity contribution < 1.29 is 19.8 Å². The molecular weight excluding hydrogens is 426 g/mol. The van der Waals surface area contributed by atoms with Crippen molar-refractivity contribution in [2.75, 3.05) is 6.61 Å². The maximum atomic E-state index is 10.8. The van der Waals surface area contributed by atoms with E-state index in [2.05, 4.69) is 38.8 Å². The average molecular weight is 470 g/mol. The Hall–Kier alpha value is -1.66. The number of allylic oxidation sites excluding steroid dienone is 8. The van der Waals surface area contributed by atoms with Gasteiger partial charge in [0.1, 0.15) is 11.4 Å². The topological polar surface area (TPSA) is 92.8 Å². The number of nitrogens with two attached hydrogens (primary N) is 1. The predicted molar refractivity (Wildman–Crippen MR) is 136 cm³/mol. The fourth-order valence-electron chi connectivity index (χ4n) is 2.72. The van der Waals surface area contributed by atoms with E-state index in [0.717, 1.165) is 35.1 Å². The van der Waals surface area contributed by atoms with E-state index in [1.807, 2.05) is 41.5 Å². The van der Waals surface area contributed by atoms with E-state index in [-0.39, 0.29) is 5.78 Å². The van der Waals surface area contributed by atoms with Crippen molar-refractivity contribution in [2.24, 2.45) is 5.90 Å². The van der Waals surface area contributed by atoms with Gasteiger partial charge in [-0.1, -0.05) is 40.5 Å². The highest BCUT2D eigenvalue weighted by Gasteiger charge is 2.33. The molecule has 0 aromatic carbocycles. The number of hydrogen-bond acceptors (Lipinski definition) is 5. The molecule has 0 atom stereocenters. The highest BCUT2D eigenvalue weighted by Crippen LogP contribution is 2.25. The third kappa shape index (κ3) is 13.0. The molecule has 6 heteroatoms. The van der Waals surface area contributed by atoms with Crippen molar-refractivity contribution in [2.45, 2.75) is 93.6 Å². The van der Waals surface area contributed by atoms with E-state index in [9.17, 15) is 9.90 Å². The lowest BCUT2D eigenvalue weighted by Crippen LogP contribution is -2.26. The van der Waals surface area contributed by atoms with Crippen molar-refractivity contribution in [3.8, 4) is 0 Å². The van der Waals surface area contributed by atoms with Crippen LogP contribution in [0.3, 0.4) is 0 Å². The normalized spacial score (nSPS) is 16.2. The molecule has 0 aliphatic carbocycles. The minimum atomic E-state index is -0.486. The first-order valence-corrected chi connectivity index (χ1v) is 11.3. The Labute approximate surface area is 200 Å². The fraction of sp³-hybridized carbons (Fsp3) is 0.577. The summed E-state index contributed by atoms with van der Waals surface area (Å²) in [4.78, 5) is 10.8. The number of halogens is 1. The molecule has 0 aromatic heterocycles. The Morgan fingerprint density at radius 2 is 1.66 bits per heavy atom. The van der Waals surface area contributed by atoms with Gasteiger partial charge in [0.25, 0.3) is 0 Å². The lowest BCUT2D eigenvalue weighted by atomic mass is 9.97. The van der Waals surface area contributed by atoms with Gasteiger partial charge in [-0.05, 0) is 92.7 Å². The summed E-state index contributed by atoms with van der Waals surface area (Å²) in [6.07, 6.45) is 7.84. The van der Waals surface area contributed by atoms with Crippen LogP contribution in [0.4, 0.5) is 0 Å². The Morgan fingerprint density at radius 1 is 1.09 bits per heavy atom. The van der Waals surface area contributed by atoms with Crippen LogP contribution in [-0.2, 0) is 9.53 Å². The smallest absolute Gasteiger partial charge is 0.166 e. The van der Waals surface area contributed by atoms with Crippen LogP contribution in [0.15, 0.2) is 56.9 Å². The molecule has 0 aromatic rings. The quantitative estimate of drug-likeness (QED) is 0.155. The zero-order chi connectivity index (χ0) is 25.5. The van der Waals surface area contributed by atoms with Gasteiger partial charge in [0.05, 0.1) is 6.61 Å². The highest BCUT2D eigenvalue weighted by molar-refractivity contribution is 6.25. The van der Waals surface area contributed by atoms with Crippen LogP contribution in [0.2, 0.25) is 0 Å². The van der Waals surface area contributed by atoms with E-state index in [4.69, 9.17) is 21.5 Å². The molecule has 4 N–H and O–H groups in total. The molecule has 0 spiro atoms. The fourth-order valence-corrected chi connectivity index (χ4v) is 2.85. The molecule has 184 valence electrons. The average Bonchev–Trinajstić information content (AvgIpc) is 3.04. The second-order valence-corrected chi connectivity index (χ2v) is 9.07. The first-order chi connectivity index (χ1) is 14.8. The number of hydrogen-bond donors (Lipinski definition) is 3. The van der Waals surface area contributed by atoms with Crippen LogP contribution in [0, 0.1) is 0 Å². The number of carbonyl (C=O) groups is 1. The molecule has 0 unspecified atom stereocenters. The Kier molecular flexibility index (Phi) is 17.2. The third-order valence-corrected chi connectivity index (χ3v) is 5.57. The second kappa shape index (κ2) is 16.9. The maximum absolute atomic E-state index is 10.8. The number of carbonyl (C=O) groups excluding carboxylic acids is 1. The molecule has 0 amide bonds. The van der Waals surface area contributed by atoms with E-state index in [0.29, 0.717) is 25.2 Å². The van der Waals surface area contributed by atoms with Gasteiger partial charge in [-0.2, -0.15) is 0 Å². The first-order valence-electron chi connectivity index (χ1n) is 10.9. The van der Waals surface area contributed by atoms with E-state index in [1.54, 1.807) is 0 Å². The molecule has 1 aliphatic rings. The Balaban J connectivity index is 0. The number of aliphatic hydroxyl groups excluding tert-OH is 1. The summed E-state index contributed by atoms with van der Waals surface area (Å²) in [5.74, 6) is 4.07. The lowest BCUT2D eigenvalue weighted by molar-refractivity contribution is -0.128. The van der Waals surface area contributed by atoms with Crippen molar-refractivity contribution in [3.05, 3.63) is 56.9 Å². The van der Waals surface area contributed by atoms with E-state index < -0.39 is 5.60 Å². The number of aliphatic hydroxyl groups is 1. The van der Waals surface area contributed by atoms with E-state index >= 15 is 0 Å². The number of Topliss-reactive ketones (excluding diaryl/α,β-unsaturated/α-hetero) is 1. The van der Waals surface area contributed by atoms with Gasteiger partial charge in [-0.3, -0.25) is 4.79 Å². The summed E-state index contributed by atoms with van der Waals surface area (Å²) in [7, 11) is 0. The summed E-state index contributed by atoms with van der Waals surface area (Å²) in [5, 5.41) is 17.0. The van der Waals surface area contributed by atoms with Crippen molar-refractivity contribution in [1.82, 2.24) is 0 Å². The highest BCUT2D eigenvalue weighted by atomic mass is 35.5. The minimum absolute atomic E-state index is 0.220. The third-order valence-electron chi connectivity index (χ3n) is 5.24. The standard InChI is InChI=1S/C20H31ClO.C6H10O2.H3NO/c1-14(2)9-8-10-16(5)11-12-19(17(6)13-21)20(22)18(7)15(3)4;1-6(2)5(7)3-4-8-6;1-2/h9,11,13,22H,8,10,12H2,1-7H3;3-4H2,1-2H3;2H,1H2/b16-11+,17-13+,20-19+;;. The van der Waals surface area contributed by atoms with Crippen molar-refractivity contribution in [3.63, 3.8) is 0 Å². The van der Waals surface area contributed by atoms with Gasteiger partial charge in [0.15, 0.2) is 5.78 Å². The van der Waals surface area contributed by atoms with Crippen LogP contribution in [0.25, 0.3) is 0 Å². The van der Waals surface area contributed by atoms with Crippen LogP contribution >= 0.6 is 11.6 Å². The SMILES string of the molecule is CC(C)=CCC/C(C)=C/CC(/C(C)=C/Cl)=C(\O)C(C)=C(C)C.CC1(C)OCCC1=O.NO. The number of ketones is 1. The molecule has 1 rings (SSSR count). The van der Waals surface area contributed by atoms with Crippen LogP contribution in [-0.4, -0.2) is 28.3 Å². The van der Waals surface area contributed by atoms with Crippen LogP contribution < -0.4 is 5.90 Å². The summed E-state index contributed by atoms with van der Waals surface area (Å²) < 4.78 is 5.10. The van der Waals surface area contributed by atoms with Crippen LogP contribution in [0.5, 0.6) is 0 Å². The molecule has 0 bridgehead atoms. The minimum Gasteiger partial charge on any atom is -0.507 e. The molecule has 1 heterocycles. The van der Waals surface area contributed by atoms with Gasteiger partial charge < -0.3 is 15.1 Å². The Morgan fingerprint density at radius 3 is 2.00 bits per heavy atom. The van der Waals surface area contributed by atoms with E-state index in [1.165, 1.54) is 16.7 Å². The summed E-state index contributed by atoms with van der Waals surface area (Å²) >= 11 is 5.86. The van der Waals surface area contributed by atoms with Crippen molar-refractivity contribution >= 4 is 17.4 Å². The molecule has 1 saturated heterocycles. The monoisotopic (exact) mass is 469 g/mol. The molecular formula is C26H44ClNO4. The lowest BCUT2D eigenvalue weighted by Gasteiger charge is -2.12. The molecule has 1 aliphatic heterocycles. The van der Waals surface area contributed by atoms with Gasteiger partial charge in [-0.15, -0.1) is 0 Å².